The van der Waals surface area contributed by atoms with Crippen LogP contribution in [-0.4, -0.2) is 0 Å². The first-order chi connectivity index (χ1) is 9.24. The van der Waals surface area contributed by atoms with Crippen molar-refractivity contribution in [1.29, 1.82) is 0 Å². The van der Waals surface area contributed by atoms with Crippen LogP contribution < -0.4 is 0 Å². The van der Waals surface area contributed by atoms with E-state index in [1.165, 1.54) is 26.4 Å². The first-order valence-electron chi connectivity index (χ1n) is 6.42. The van der Waals surface area contributed by atoms with E-state index in [0.29, 0.717) is 0 Å². The van der Waals surface area contributed by atoms with E-state index in [9.17, 15) is 0 Å². The second-order valence-corrected chi connectivity index (χ2v) is 5.90. The van der Waals surface area contributed by atoms with Gasteiger partial charge >= 0.3 is 0 Å². The van der Waals surface area contributed by atoms with Gasteiger partial charge in [-0.3, -0.25) is 0 Å². The molecule has 0 atom stereocenters. The number of furan rings is 1. The van der Waals surface area contributed by atoms with Crippen LogP contribution in [0.15, 0.2) is 53.1 Å². The Kier molecular flexibility index (Phi) is 3.26. The summed E-state index contributed by atoms with van der Waals surface area (Å²) in [5, 5.41) is 0. The van der Waals surface area contributed by atoms with Crippen LogP contribution in [0.2, 0.25) is 0 Å². The Balaban J connectivity index is 1.92. The summed E-state index contributed by atoms with van der Waals surface area (Å²) in [7, 11) is 0. The van der Waals surface area contributed by atoms with Crippen LogP contribution >= 0.6 is 11.3 Å². The molecule has 0 aliphatic carbocycles. The van der Waals surface area contributed by atoms with Gasteiger partial charge < -0.3 is 4.42 Å². The van der Waals surface area contributed by atoms with Gasteiger partial charge in [0.05, 0.1) is 6.26 Å². The molecule has 0 aliphatic heterocycles. The van der Waals surface area contributed by atoms with Crippen LogP contribution in [0.4, 0.5) is 0 Å². The lowest BCUT2D eigenvalue weighted by Gasteiger charge is -1.98. The standard InChI is InChI=1S/C17H16OS/c1-12-10-17(14-6-4-3-5-7-14)19-16(12)11-15-8-9-18-13(15)2/h3-10H,11H2,1-2H3. The third kappa shape index (κ3) is 2.49. The van der Waals surface area contributed by atoms with Gasteiger partial charge in [0, 0.05) is 16.2 Å². The first-order valence-corrected chi connectivity index (χ1v) is 7.23. The van der Waals surface area contributed by atoms with Crippen molar-refractivity contribution in [3.8, 4) is 10.4 Å². The quantitative estimate of drug-likeness (QED) is 0.635. The Morgan fingerprint density at radius 3 is 2.53 bits per heavy atom. The summed E-state index contributed by atoms with van der Waals surface area (Å²) in [5.41, 5.74) is 3.94. The average Bonchev–Trinajstić information content (AvgIpc) is 2.99. The maximum absolute atomic E-state index is 5.37. The summed E-state index contributed by atoms with van der Waals surface area (Å²) in [6.45, 7) is 4.21. The molecule has 0 amide bonds. The normalized spacial score (nSPS) is 10.8. The Labute approximate surface area is 117 Å². The molecule has 96 valence electrons. The lowest BCUT2D eigenvalue weighted by molar-refractivity contribution is 0.531. The molecule has 0 radical (unpaired) electrons. The zero-order valence-electron chi connectivity index (χ0n) is 11.1. The maximum Gasteiger partial charge on any atom is 0.104 e. The summed E-state index contributed by atoms with van der Waals surface area (Å²) >= 11 is 1.88. The van der Waals surface area contributed by atoms with Gasteiger partial charge in [-0.2, -0.15) is 0 Å². The second kappa shape index (κ2) is 5.06. The van der Waals surface area contributed by atoms with Crippen molar-refractivity contribution in [1.82, 2.24) is 0 Å². The number of hydrogen-bond donors (Lipinski definition) is 0. The van der Waals surface area contributed by atoms with Crippen molar-refractivity contribution in [2.75, 3.05) is 0 Å². The number of hydrogen-bond acceptors (Lipinski definition) is 2. The van der Waals surface area contributed by atoms with Crippen LogP contribution in [0.5, 0.6) is 0 Å². The molecule has 0 aliphatic rings. The van der Waals surface area contributed by atoms with E-state index in [1.807, 2.05) is 18.3 Å². The van der Waals surface area contributed by atoms with E-state index in [1.54, 1.807) is 6.26 Å². The van der Waals surface area contributed by atoms with Gasteiger partial charge in [-0.15, -0.1) is 11.3 Å². The summed E-state index contributed by atoms with van der Waals surface area (Å²) in [5.74, 6) is 1.02. The summed E-state index contributed by atoms with van der Waals surface area (Å²) in [4.78, 5) is 2.76. The van der Waals surface area contributed by atoms with E-state index in [4.69, 9.17) is 4.42 Å². The molecule has 0 N–H and O–H groups in total. The molecule has 0 bridgehead atoms. The molecule has 2 heteroatoms. The van der Waals surface area contributed by atoms with Crippen molar-refractivity contribution >= 4 is 11.3 Å². The Morgan fingerprint density at radius 2 is 1.84 bits per heavy atom. The van der Waals surface area contributed by atoms with E-state index in [0.717, 1.165) is 12.2 Å². The van der Waals surface area contributed by atoms with Crippen LogP contribution in [0.25, 0.3) is 10.4 Å². The lowest BCUT2D eigenvalue weighted by Crippen LogP contribution is -1.86. The van der Waals surface area contributed by atoms with Crippen molar-refractivity contribution in [2.24, 2.45) is 0 Å². The molecule has 0 saturated heterocycles. The van der Waals surface area contributed by atoms with Gasteiger partial charge in [0.15, 0.2) is 0 Å². The van der Waals surface area contributed by atoms with Gasteiger partial charge in [-0.05, 0) is 42.7 Å². The third-order valence-electron chi connectivity index (χ3n) is 3.40. The first kappa shape index (κ1) is 12.2. The zero-order chi connectivity index (χ0) is 13.2. The smallest absolute Gasteiger partial charge is 0.104 e. The molecule has 0 saturated carbocycles. The predicted octanol–water partition coefficient (Wildman–Crippen LogP) is 5.22. The minimum absolute atomic E-state index is 0.964. The topological polar surface area (TPSA) is 13.1 Å². The fraction of sp³-hybridized carbons (Fsp3) is 0.176. The van der Waals surface area contributed by atoms with E-state index in [-0.39, 0.29) is 0 Å². The Bertz CT molecular complexity index is 676. The molecule has 0 fully saturated rings. The van der Waals surface area contributed by atoms with Crippen LogP contribution in [-0.2, 0) is 6.42 Å². The fourth-order valence-electron chi connectivity index (χ4n) is 2.21. The third-order valence-corrected chi connectivity index (χ3v) is 4.68. The van der Waals surface area contributed by atoms with Gasteiger partial charge in [0.2, 0.25) is 0 Å². The van der Waals surface area contributed by atoms with Crippen LogP contribution in [0, 0.1) is 13.8 Å². The Hall–Kier alpha value is -1.80. The monoisotopic (exact) mass is 268 g/mol. The van der Waals surface area contributed by atoms with Crippen molar-refractivity contribution < 1.29 is 4.42 Å². The highest BCUT2D eigenvalue weighted by molar-refractivity contribution is 7.15. The SMILES string of the molecule is Cc1cc(-c2ccccc2)sc1Cc1ccoc1C. The molecule has 2 heterocycles. The van der Waals surface area contributed by atoms with Gasteiger partial charge in [-0.1, -0.05) is 30.3 Å². The van der Waals surface area contributed by atoms with Crippen molar-refractivity contribution in [2.45, 2.75) is 20.3 Å². The summed E-state index contributed by atoms with van der Waals surface area (Å²) < 4.78 is 5.37. The second-order valence-electron chi connectivity index (χ2n) is 4.76. The number of rotatable bonds is 3. The fourth-order valence-corrected chi connectivity index (χ4v) is 3.41. The highest BCUT2D eigenvalue weighted by Gasteiger charge is 2.10. The molecule has 3 rings (SSSR count). The highest BCUT2D eigenvalue weighted by Crippen LogP contribution is 2.32. The minimum atomic E-state index is 0.964. The van der Waals surface area contributed by atoms with E-state index < -0.39 is 0 Å². The van der Waals surface area contributed by atoms with E-state index in [2.05, 4.69) is 49.4 Å². The largest absolute Gasteiger partial charge is 0.469 e. The van der Waals surface area contributed by atoms with Crippen molar-refractivity contribution in [3.63, 3.8) is 0 Å². The maximum atomic E-state index is 5.37. The zero-order valence-corrected chi connectivity index (χ0v) is 12.0. The van der Waals surface area contributed by atoms with Crippen LogP contribution in [0.1, 0.15) is 21.8 Å². The summed E-state index contributed by atoms with van der Waals surface area (Å²) in [6.07, 6.45) is 2.73. The summed E-state index contributed by atoms with van der Waals surface area (Å²) in [6, 6.07) is 14.9. The molecular formula is C17H16OS. The Morgan fingerprint density at radius 1 is 1.05 bits per heavy atom. The minimum Gasteiger partial charge on any atom is -0.469 e. The van der Waals surface area contributed by atoms with Gasteiger partial charge in [-0.25, -0.2) is 0 Å². The predicted molar refractivity (Wildman–Crippen MR) is 80.7 cm³/mol. The van der Waals surface area contributed by atoms with Crippen LogP contribution in [0.3, 0.4) is 0 Å². The molecule has 3 aromatic rings. The highest BCUT2D eigenvalue weighted by atomic mass is 32.1. The molecule has 1 nitrogen and oxygen atoms in total. The van der Waals surface area contributed by atoms with E-state index >= 15 is 0 Å². The molecular weight excluding hydrogens is 252 g/mol. The average molecular weight is 268 g/mol. The number of aryl methyl sites for hydroxylation is 2. The van der Waals surface area contributed by atoms with Crippen molar-refractivity contribution in [3.05, 3.63) is 70.5 Å². The van der Waals surface area contributed by atoms with Gasteiger partial charge in [0.1, 0.15) is 5.76 Å². The molecule has 19 heavy (non-hydrogen) atoms. The number of thiophene rings is 1. The molecule has 0 spiro atoms. The number of benzene rings is 1. The molecule has 2 aromatic heterocycles. The molecule has 0 unspecified atom stereocenters. The van der Waals surface area contributed by atoms with Gasteiger partial charge in [0.25, 0.3) is 0 Å². The molecule has 1 aromatic carbocycles. The lowest BCUT2D eigenvalue weighted by atomic mass is 10.1.